The normalized spacial score (nSPS) is 25.1. The average molecular weight is 229 g/mol. The summed E-state index contributed by atoms with van der Waals surface area (Å²) in [6.07, 6.45) is 4.25. The van der Waals surface area contributed by atoms with Crippen molar-refractivity contribution in [3.8, 4) is 0 Å². The molecule has 0 spiro atoms. The molecule has 3 amide bonds. The third-order valence-corrected chi connectivity index (χ3v) is 2.83. The molecular weight excluding hydrogens is 210 g/mol. The van der Waals surface area contributed by atoms with Crippen LogP contribution in [-0.4, -0.2) is 31.2 Å². The second kappa shape index (κ2) is 6.44. The molecule has 0 aliphatic heterocycles. The van der Waals surface area contributed by atoms with Gasteiger partial charge in [0.25, 0.3) is 5.91 Å². The van der Waals surface area contributed by atoms with E-state index in [0.717, 1.165) is 25.7 Å². The van der Waals surface area contributed by atoms with Gasteiger partial charge in [-0.25, -0.2) is 4.79 Å². The summed E-state index contributed by atoms with van der Waals surface area (Å²) in [5, 5.41) is 1.96. The monoisotopic (exact) mass is 229 g/mol. The molecule has 6 nitrogen and oxygen atoms in total. The van der Waals surface area contributed by atoms with Gasteiger partial charge in [0.2, 0.25) is 0 Å². The van der Waals surface area contributed by atoms with Crippen molar-refractivity contribution in [2.45, 2.75) is 31.8 Å². The highest BCUT2D eigenvalue weighted by molar-refractivity contribution is 5.94. The fourth-order valence-corrected chi connectivity index (χ4v) is 2.02. The van der Waals surface area contributed by atoms with Crippen LogP contribution in [-0.2, 0) is 9.53 Å². The van der Waals surface area contributed by atoms with Crippen LogP contribution >= 0.6 is 0 Å². The van der Waals surface area contributed by atoms with E-state index in [1.54, 1.807) is 0 Å². The Labute approximate surface area is 94.7 Å². The van der Waals surface area contributed by atoms with Crippen LogP contribution in [0.1, 0.15) is 25.7 Å². The van der Waals surface area contributed by atoms with Gasteiger partial charge in [-0.15, -0.1) is 0 Å². The molecule has 1 aliphatic rings. The van der Waals surface area contributed by atoms with E-state index in [2.05, 4.69) is 0 Å². The number of amides is 3. The molecule has 92 valence electrons. The lowest BCUT2D eigenvalue weighted by atomic mass is 9.86. The number of hydrogen-bond acceptors (Lipinski definition) is 4. The number of nitrogens with two attached hydrogens (primary N) is 2. The molecule has 0 saturated heterocycles. The van der Waals surface area contributed by atoms with E-state index in [-0.39, 0.29) is 12.7 Å². The SMILES string of the molecule is NCC1CCCCC1OCC(=O)NC(N)=O. The van der Waals surface area contributed by atoms with Gasteiger partial charge in [0.1, 0.15) is 6.61 Å². The molecule has 1 fully saturated rings. The van der Waals surface area contributed by atoms with E-state index < -0.39 is 11.9 Å². The summed E-state index contributed by atoms with van der Waals surface area (Å²) in [5.74, 6) is -0.191. The van der Waals surface area contributed by atoms with E-state index in [0.29, 0.717) is 12.5 Å². The Morgan fingerprint density at radius 2 is 2.00 bits per heavy atom. The number of carbonyl (C=O) groups excluding carboxylic acids is 2. The summed E-state index contributed by atoms with van der Waals surface area (Å²) in [4.78, 5) is 21.5. The fourth-order valence-electron chi connectivity index (χ4n) is 2.02. The Hall–Kier alpha value is -1.14. The van der Waals surface area contributed by atoms with Crippen LogP contribution < -0.4 is 16.8 Å². The minimum absolute atomic E-state index is 0.0253. The maximum absolute atomic E-state index is 11.1. The highest BCUT2D eigenvalue weighted by Crippen LogP contribution is 2.25. The molecule has 0 aromatic heterocycles. The Morgan fingerprint density at radius 3 is 2.62 bits per heavy atom. The number of carbonyl (C=O) groups is 2. The van der Waals surface area contributed by atoms with Gasteiger partial charge in [-0.1, -0.05) is 12.8 Å². The summed E-state index contributed by atoms with van der Waals surface area (Å²) in [7, 11) is 0. The maximum atomic E-state index is 11.1. The summed E-state index contributed by atoms with van der Waals surface area (Å²) in [5.41, 5.74) is 10.4. The van der Waals surface area contributed by atoms with E-state index in [1.807, 2.05) is 5.32 Å². The summed E-state index contributed by atoms with van der Waals surface area (Å²) < 4.78 is 5.45. The molecule has 0 aromatic carbocycles. The lowest BCUT2D eigenvalue weighted by molar-refractivity contribution is -0.128. The number of nitrogens with one attached hydrogen (secondary N) is 1. The topological polar surface area (TPSA) is 107 Å². The molecule has 0 aromatic rings. The van der Waals surface area contributed by atoms with Crippen molar-refractivity contribution < 1.29 is 14.3 Å². The van der Waals surface area contributed by atoms with Gasteiger partial charge in [0.05, 0.1) is 6.10 Å². The molecule has 1 saturated carbocycles. The number of ether oxygens (including phenoxy) is 1. The number of rotatable bonds is 4. The van der Waals surface area contributed by atoms with E-state index in [4.69, 9.17) is 16.2 Å². The number of urea groups is 1. The van der Waals surface area contributed by atoms with Gasteiger partial charge in [-0.2, -0.15) is 0 Å². The van der Waals surface area contributed by atoms with E-state index in [1.165, 1.54) is 0 Å². The van der Waals surface area contributed by atoms with Crippen LogP contribution in [0.4, 0.5) is 4.79 Å². The Bertz CT molecular complexity index is 258. The predicted molar refractivity (Wildman–Crippen MR) is 58.5 cm³/mol. The van der Waals surface area contributed by atoms with E-state index in [9.17, 15) is 9.59 Å². The Balaban J connectivity index is 2.29. The van der Waals surface area contributed by atoms with Crippen LogP contribution in [0, 0.1) is 5.92 Å². The van der Waals surface area contributed by atoms with Crippen LogP contribution in [0.3, 0.4) is 0 Å². The molecule has 0 bridgehead atoms. The van der Waals surface area contributed by atoms with Crippen molar-refractivity contribution in [1.82, 2.24) is 5.32 Å². The lowest BCUT2D eigenvalue weighted by Gasteiger charge is -2.30. The van der Waals surface area contributed by atoms with Gasteiger partial charge in [-0.3, -0.25) is 10.1 Å². The molecule has 0 radical (unpaired) electrons. The molecule has 6 heteroatoms. The average Bonchev–Trinajstić information content (AvgIpc) is 2.26. The molecule has 16 heavy (non-hydrogen) atoms. The van der Waals surface area contributed by atoms with Crippen LogP contribution in [0.2, 0.25) is 0 Å². The van der Waals surface area contributed by atoms with Crippen LogP contribution in [0.25, 0.3) is 0 Å². The molecule has 5 N–H and O–H groups in total. The Kier molecular flexibility index (Phi) is 5.21. The smallest absolute Gasteiger partial charge is 0.318 e. The van der Waals surface area contributed by atoms with Crippen molar-refractivity contribution in [2.24, 2.45) is 17.4 Å². The highest BCUT2D eigenvalue weighted by atomic mass is 16.5. The zero-order valence-electron chi connectivity index (χ0n) is 9.28. The quantitative estimate of drug-likeness (QED) is 0.616. The molecule has 2 atom stereocenters. The molecule has 1 rings (SSSR count). The minimum atomic E-state index is -0.854. The van der Waals surface area contributed by atoms with Crippen molar-refractivity contribution in [3.63, 3.8) is 0 Å². The van der Waals surface area contributed by atoms with Crippen molar-refractivity contribution >= 4 is 11.9 Å². The van der Waals surface area contributed by atoms with Crippen LogP contribution in [0.15, 0.2) is 0 Å². The summed E-state index contributed by atoms with van der Waals surface area (Å²) in [6, 6.07) is -0.854. The predicted octanol–water partition coefficient (Wildman–Crippen LogP) is -0.285. The number of primary amides is 1. The van der Waals surface area contributed by atoms with Crippen molar-refractivity contribution in [1.29, 1.82) is 0 Å². The minimum Gasteiger partial charge on any atom is -0.368 e. The largest absolute Gasteiger partial charge is 0.368 e. The molecule has 1 aliphatic carbocycles. The summed E-state index contributed by atoms with van der Waals surface area (Å²) >= 11 is 0. The first kappa shape index (κ1) is 12.9. The third-order valence-electron chi connectivity index (χ3n) is 2.83. The van der Waals surface area contributed by atoms with Gasteiger partial charge < -0.3 is 16.2 Å². The van der Waals surface area contributed by atoms with E-state index >= 15 is 0 Å². The van der Waals surface area contributed by atoms with Gasteiger partial charge in [0, 0.05) is 0 Å². The van der Waals surface area contributed by atoms with Gasteiger partial charge in [0.15, 0.2) is 0 Å². The highest BCUT2D eigenvalue weighted by Gasteiger charge is 2.25. The van der Waals surface area contributed by atoms with Gasteiger partial charge >= 0.3 is 6.03 Å². The molecule has 2 unspecified atom stereocenters. The number of imide groups is 1. The fraction of sp³-hybridized carbons (Fsp3) is 0.800. The first-order valence-corrected chi connectivity index (χ1v) is 5.54. The second-order valence-corrected chi connectivity index (χ2v) is 4.04. The van der Waals surface area contributed by atoms with Gasteiger partial charge in [-0.05, 0) is 25.3 Å². The molecular formula is C10H19N3O3. The third kappa shape index (κ3) is 4.16. The second-order valence-electron chi connectivity index (χ2n) is 4.04. The molecule has 0 heterocycles. The lowest BCUT2D eigenvalue weighted by Crippen LogP contribution is -2.40. The standard InChI is InChI=1S/C10H19N3O3/c11-5-7-3-1-2-4-8(7)16-6-9(14)13-10(12)15/h7-8H,1-6,11H2,(H3,12,13,14,15). The van der Waals surface area contributed by atoms with Crippen molar-refractivity contribution in [3.05, 3.63) is 0 Å². The first-order chi connectivity index (χ1) is 7.63. The maximum Gasteiger partial charge on any atom is 0.318 e. The Morgan fingerprint density at radius 1 is 1.31 bits per heavy atom. The first-order valence-electron chi connectivity index (χ1n) is 5.54. The van der Waals surface area contributed by atoms with Crippen LogP contribution in [0.5, 0.6) is 0 Å². The number of hydrogen-bond donors (Lipinski definition) is 3. The zero-order valence-corrected chi connectivity index (χ0v) is 9.28. The summed E-state index contributed by atoms with van der Waals surface area (Å²) in [6.45, 7) is 0.437. The zero-order chi connectivity index (χ0) is 12.0. The van der Waals surface area contributed by atoms with Crippen molar-refractivity contribution in [2.75, 3.05) is 13.2 Å².